The van der Waals surface area contributed by atoms with Crippen LogP contribution >= 0.6 is 0 Å². The number of hydrogen-bond acceptors (Lipinski definition) is 4. The molecule has 0 saturated carbocycles. The smallest absolute Gasteiger partial charge is 0.163 e. The van der Waals surface area contributed by atoms with Crippen molar-refractivity contribution >= 4 is 16.9 Å². The van der Waals surface area contributed by atoms with Crippen LogP contribution in [-0.2, 0) is 7.05 Å². The van der Waals surface area contributed by atoms with E-state index in [9.17, 15) is 4.39 Å². The Labute approximate surface area is 108 Å². The van der Waals surface area contributed by atoms with Gasteiger partial charge in [-0.15, -0.1) is 0 Å². The Morgan fingerprint density at radius 2 is 2.05 bits per heavy atom. The quantitative estimate of drug-likeness (QED) is 0.724. The Hall–Kier alpha value is -2.50. The molecule has 0 aliphatic rings. The summed E-state index contributed by atoms with van der Waals surface area (Å²) in [4.78, 5) is 8.11. The van der Waals surface area contributed by atoms with Crippen molar-refractivity contribution in [2.24, 2.45) is 7.05 Å². The van der Waals surface area contributed by atoms with E-state index < -0.39 is 0 Å². The minimum atomic E-state index is -0.272. The van der Waals surface area contributed by atoms with Gasteiger partial charge in [0.15, 0.2) is 5.65 Å². The van der Waals surface area contributed by atoms with E-state index in [0.29, 0.717) is 33.7 Å². The van der Waals surface area contributed by atoms with E-state index in [4.69, 9.17) is 5.73 Å². The molecule has 0 amide bonds. The molecule has 6 heteroatoms. The van der Waals surface area contributed by atoms with Crippen LogP contribution in [0.1, 0.15) is 5.56 Å². The fourth-order valence-corrected chi connectivity index (χ4v) is 2.05. The molecule has 0 aliphatic heterocycles. The van der Waals surface area contributed by atoms with E-state index in [2.05, 4.69) is 15.1 Å². The molecule has 3 aromatic rings. The Balaban J connectivity index is 2.33. The highest BCUT2D eigenvalue weighted by Crippen LogP contribution is 2.30. The molecule has 1 aromatic carbocycles. The molecule has 0 fully saturated rings. The first-order valence-corrected chi connectivity index (χ1v) is 5.77. The van der Waals surface area contributed by atoms with Crippen LogP contribution in [0.3, 0.4) is 0 Å². The van der Waals surface area contributed by atoms with Gasteiger partial charge in [-0.05, 0) is 18.6 Å². The van der Waals surface area contributed by atoms with E-state index in [0.717, 1.165) is 0 Å². The van der Waals surface area contributed by atoms with E-state index in [1.807, 2.05) is 6.07 Å². The van der Waals surface area contributed by atoms with Crippen molar-refractivity contribution < 1.29 is 4.39 Å². The van der Waals surface area contributed by atoms with Crippen LogP contribution < -0.4 is 5.73 Å². The van der Waals surface area contributed by atoms with Gasteiger partial charge in [0.1, 0.15) is 23.7 Å². The zero-order chi connectivity index (χ0) is 13.6. The van der Waals surface area contributed by atoms with E-state index >= 15 is 0 Å². The standard InChI is InChI=1S/C13H12FN5/c1-7-3-4-8(5-9(7)14)11-10-12(15)16-6-17-13(10)19(2)18-11/h3-6H,1-2H3,(H2,15,16,17). The number of halogens is 1. The Morgan fingerprint density at radius 1 is 1.26 bits per heavy atom. The molecule has 0 spiro atoms. The van der Waals surface area contributed by atoms with Crippen LogP contribution in [0.5, 0.6) is 0 Å². The number of anilines is 1. The summed E-state index contributed by atoms with van der Waals surface area (Å²) in [5, 5.41) is 5.01. The lowest BCUT2D eigenvalue weighted by atomic mass is 10.1. The van der Waals surface area contributed by atoms with Gasteiger partial charge in [0.05, 0.1) is 5.39 Å². The van der Waals surface area contributed by atoms with Crippen LogP contribution in [0.25, 0.3) is 22.3 Å². The number of hydrogen-bond donors (Lipinski definition) is 1. The average molecular weight is 257 g/mol. The van der Waals surface area contributed by atoms with E-state index in [-0.39, 0.29) is 5.82 Å². The lowest BCUT2D eigenvalue weighted by molar-refractivity contribution is 0.619. The van der Waals surface area contributed by atoms with Crippen LogP contribution in [-0.4, -0.2) is 19.7 Å². The van der Waals surface area contributed by atoms with Gasteiger partial charge in [0.25, 0.3) is 0 Å². The van der Waals surface area contributed by atoms with Gasteiger partial charge in [-0.2, -0.15) is 5.10 Å². The second-order valence-electron chi connectivity index (χ2n) is 4.39. The van der Waals surface area contributed by atoms with Crippen molar-refractivity contribution in [3.05, 3.63) is 35.9 Å². The summed E-state index contributed by atoms with van der Waals surface area (Å²) in [7, 11) is 1.77. The second-order valence-corrected chi connectivity index (χ2v) is 4.39. The highest BCUT2D eigenvalue weighted by Gasteiger charge is 2.15. The predicted octanol–water partition coefficient (Wildman–Crippen LogP) is 2.06. The summed E-state index contributed by atoms with van der Waals surface area (Å²) < 4.78 is 15.3. The molecule has 3 rings (SSSR count). The summed E-state index contributed by atoms with van der Waals surface area (Å²) in [6.07, 6.45) is 1.39. The third-order valence-corrected chi connectivity index (χ3v) is 3.10. The Bertz CT molecular complexity index is 778. The summed E-state index contributed by atoms with van der Waals surface area (Å²) in [6.45, 7) is 1.72. The van der Waals surface area contributed by atoms with Crippen molar-refractivity contribution in [2.75, 3.05) is 5.73 Å². The topological polar surface area (TPSA) is 69.6 Å². The number of aryl methyl sites for hydroxylation is 2. The summed E-state index contributed by atoms with van der Waals surface area (Å²) in [5.74, 6) is 0.0702. The lowest BCUT2D eigenvalue weighted by Crippen LogP contribution is -1.95. The minimum absolute atomic E-state index is 0.272. The van der Waals surface area contributed by atoms with Gasteiger partial charge >= 0.3 is 0 Å². The lowest BCUT2D eigenvalue weighted by Gasteiger charge is -2.01. The van der Waals surface area contributed by atoms with Gasteiger partial charge in [-0.1, -0.05) is 12.1 Å². The molecule has 2 aromatic heterocycles. The second kappa shape index (κ2) is 4.01. The molecule has 0 aliphatic carbocycles. The van der Waals surface area contributed by atoms with E-state index in [1.165, 1.54) is 12.4 Å². The summed E-state index contributed by atoms with van der Waals surface area (Å²) in [6, 6.07) is 4.97. The number of benzene rings is 1. The number of rotatable bonds is 1. The van der Waals surface area contributed by atoms with Crippen molar-refractivity contribution in [3.63, 3.8) is 0 Å². The molecule has 19 heavy (non-hydrogen) atoms. The molecular formula is C13H12FN5. The van der Waals surface area contributed by atoms with Crippen molar-refractivity contribution in [1.29, 1.82) is 0 Å². The highest BCUT2D eigenvalue weighted by atomic mass is 19.1. The molecular weight excluding hydrogens is 245 g/mol. The third kappa shape index (κ3) is 1.72. The SMILES string of the molecule is Cc1ccc(-c2nn(C)c3ncnc(N)c23)cc1F. The normalized spacial score (nSPS) is 11.1. The van der Waals surface area contributed by atoms with Crippen LogP contribution in [0.4, 0.5) is 10.2 Å². The number of nitrogen functional groups attached to an aromatic ring is 1. The summed E-state index contributed by atoms with van der Waals surface area (Å²) >= 11 is 0. The fraction of sp³-hybridized carbons (Fsp3) is 0.154. The van der Waals surface area contributed by atoms with Crippen LogP contribution in [0.2, 0.25) is 0 Å². The maximum Gasteiger partial charge on any atom is 0.163 e. The van der Waals surface area contributed by atoms with Gasteiger partial charge in [0, 0.05) is 12.6 Å². The predicted molar refractivity (Wildman–Crippen MR) is 70.8 cm³/mol. The molecule has 0 bridgehead atoms. The molecule has 0 atom stereocenters. The largest absolute Gasteiger partial charge is 0.383 e. The molecule has 2 heterocycles. The number of nitrogens with two attached hydrogens (primary N) is 1. The molecule has 96 valence electrons. The number of nitrogens with zero attached hydrogens (tertiary/aromatic N) is 4. The number of fused-ring (bicyclic) bond motifs is 1. The molecule has 0 saturated heterocycles. The van der Waals surface area contributed by atoms with E-state index in [1.54, 1.807) is 24.7 Å². The zero-order valence-corrected chi connectivity index (χ0v) is 10.6. The van der Waals surface area contributed by atoms with Gasteiger partial charge in [-0.3, -0.25) is 0 Å². The Morgan fingerprint density at radius 3 is 2.79 bits per heavy atom. The minimum Gasteiger partial charge on any atom is -0.383 e. The first kappa shape index (κ1) is 11.6. The fourth-order valence-electron chi connectivity index (χ4n) is 2.05. The monoisotopic (exact) mass is 257 g/mol. The van der Waals surface area contributed by atoms with Crippen LogP contribution in [0, 0.1) is 12.7 Å². The molecule has 2 N–H and O–H groups in total. The van der Waals surface area contributed by atoms with Crippen molar-refractivity contribution in [1.82, 2.24) is 19.7 Å². The summed E-state index contributed by atoms with van der Waals surface area (Å²) in [5.41, 5.74) is 8.35. The maximum atomic E-state index is 13.7. The van der Waals surface area contributed by atoms with Gasteiger partial charge in [0.2, 0.25) is 0 Å². The first-order chi connectivity index (χ1) is 9.08. The Kier molecular flexibility index (Phi) is 2.45. The average Bonchev–Trinajstić information content (AvgIpc) is 2.72. The molecule has 0 radical (unpaired) electrons. The highest BCUT2D eigenvalue weighted by molar-refractivity contribution is 5.98. The van der Waals surface area contributed by atoms with Crippen molar-refractivity contribution in [2.45, 2.75) is 6.92 Å². The molecule has 0 unspecified atom stereocenters. The first-order valence-electron chi connectivity index (χ1n) is 5.77. The maximum absolute atomic E-state index is 13.7. The zero-order valence-electron chi connectivity index (χ0n) is 10.6. The van der Waals surface area contributed by atoms with Crippen LogP contribution in [0.15, 0.2) is 24.5 Å². The van der Waals surface area contributed by atoms with Gasteiger partial charge in [-0.25, -0.2) is 19.0 Å². The molecule has 5 nitrogen and oxygen atoms in total. The number of aromatic nitrogens is 4. The van der Waals surface area contributed by atoms with Gasteiger partial charge < -0.3 is 5.73 Å². The third-order valence-electron chi connectivity index (χ3n) is 3.10. The van der Waals surface area contributed by atoms with Crippen molar-refractivity contribution in [3.8, 4) is 11.3 Å².